The zero-order chi connectivity index (χ0) is 21.3. The Labute approximate surface area is 164 Å². The fraction of sp³-hybridized carbons (Fsp3) is 0.222. The minimum atomic E-state index is -4.14. The molecule has 2 aromatic rings. The van der Waals surface area contributed by atoms with Crippen molar-refractivity contribution >= 4 is 27.5 Å². The molecule has 0 aliphatic carbocycles. The monoisotopic (exact) mass is 427 g/mol. The number of benzene rings is 2. The van der Waals surface area contributed by atoms with Crippen molar-refractivity contribution in [3.8, 4) is 0 Å². The van der Waals surface area contributed by atoms with Gasteiger partial charge < -0.3 is 11.1 Å². The molecule has 0 aromatic heterocycles. The highest BCUT2D eigenvalue weighted by atomic mass is 32.2. The largest absolute Gasteiger partial charge is 0.366 e. The molecule has 1 heterocycles. The lowest BCUT2D eigenvalue weighted by molar-refractivity contribution is 0.0992. The van der Waals surface area contributed by atoms with Gasteiger partial charge in [0, 0.05) is 24.7 Å². The van der Waals surface area contributed by atoms with Crippen LogP contribution in [0.5, 0.6) is 0 Å². The Balaban J connectivity index is 1.93. The maximum atomic E-state index is 14.2. The van der Waals surface area contributed by atoms with Crippen molar-refractivity contribution < 1.29 is 31.2 Å². The first-order valence-corrected chi connectivity index (χ1v) is 9.95. The molecule has 3 N–H and O–H groups in total. The Hall–Kier alpha value is -2.92. The van der Waals surface area contributed by atoms with Crippen molar-refractivity contribution in [1.82, 2.24) is 4.31 Å². The molecule has 2 amide bonds. The predicted molar refractivity (Wildman–Crippen MR) is 97.2 cm³/mol. The summed E-state index contributed by atoms with van der Waals surface area (Å²) in [5, 5.41) is 2.10. The van der Waals surface area contributed by atoms with Crippen molar-refractivity contribution in [3.63, 3.8) is 0 Å². The van der Waals surface area contributed by atoms with Gasteiger partial charge >= 0.3 is 0 Å². The second kappa shape index (κ2) is 7.84. The molecule has 2 aromatic carbocycles. The molecule has 0 spiro atoms. The SMILES string of the molecule is NC(=O)c1cc(NC(=O)c2ccc(F)c(S(=O)(=O)N3CCCC3)c2)c(F)cc1F. The van der Waals surface area contributed by atoms with Crippen LogP contribution in [0.25, 0.3) is 0 Å². The first-order chi connectivity index (χ1) is 13.6. The summed E-state index contributed by atoms with van der Waals surface area (Å²) in [5.41, 5.74) is 3.54. The van der Waals surface area contributed by atoms with Gasteiger partial charge in [-0.3, -0.25) is 9.59 Å². The Morgan fingerprint density at radius 3 is 2.24 bits per heavy atom. The third-order valence-electron chi connectivity index (χ3n) is 4.45. The number of primary amides is 1. The summed E-state index contributed by atoms with van der Waals surface area (Å²) in [4.78, 5) is 22.9. The number of hydrogen-bond donors (Lipinski definition) is 2. The minimum absolute atomic E-state index is 0.245. The third-order valence-corrected chi connectivity index (χ3v) is 6.36. The lowest BCUT2D eigenvalue weighted by Gasteiger charge is -2.16. The number of carbonyl (C=O) groups is 2. The highest BCUT2D eigenvalue weighted by Gasteiger charge is 2.30. The molecular formula is C18H16F3N3O4S. The van der Waals surface area contributed by atoms with Crippen LogP contribution in [0.1, 0.15) is 33.6 Å². The summed E-state index contributed by atoms with van der Waals surface area (Å²) < 4.78 is 68.0. The van der Waals surface area contributed by atoms with Gasteiger partial charge in [0.25, 0.3) is 11.8 Å². The maximum Gasteiger partial charge on any atom is 0.255 e. The topological polar surface area (TPSA) is 110 Å². The van der Waals surface area contributed by atoms with Crippen molar-refractivity contribution in [1.29, 1.82) is 0 Å². The van der Waals surface area contributed by atoms with Gasteiger partial charge in [0.1, 0.15) is 22.3 Å². The highest BCUT2D eigenvalue weighted by molar-refractivity contribution is 7.89. The molecule has 1 aliphatic heterocycles. The van der Waals surface area contributed by atoms with Gasteiger partial charge in [0.2, 0.25) is 10.0 Å². The number of halogens is 3. The normalized spacial score (nSPS) is 14.7. The molecule has 0 unspecified atom stereocenters. The predicted octanol–water partition coefficient (Wildman–Crippen LogP) is 2.24. The Bertz CT molecular complexity index is 1100. The average molecular weight is 427 g/mol. The van der Waals surface area contributed by atoms with Crippen LogP contribution < -0.4 is 11.1 Å². The summed E-state index contributed by atoms with van der Waals surface area (Å²) in [5.74, 6) is -5.55. The number of anilines is 1. The summed E-state index contributed by atoms with van der Waals surface area (Å²) in [6, 6.07) is 3.77. The van der Waals surface area contributed by atoms with E-state index >= 15 is 0 Å². The molecule has 0 atom stereocenters. The van der Waals surface area contributed by atoms with E-state index in [0.717, 1.165) is 28.6 Å². The Morgan fingerprint density at radius 2 is 1.62 bits per heavy atom. The molecule has 1 aliphatic rings. The zero-order valence-electron chi connectivity index (χ0n) is 14.9. The van der Waals surface area contributed by atoms with Gasteiger partial charge in [0.15, 0.2) is 0 Å². The van der Waals surface area contributed by atoms with Crippen LogP contribution in [0, 0.1) is 17.5 Å². The molecule has 0 saturated carbocycles. The lowest BCUT2D eigenvalue weighted by Crippen LogP contribution is -2.29. The van der Waals surface area contributed by atoms with Crippen molar-refractivity contribution in [3.05, 3.63) is 58.9 Å². The van der Waals surface area contributed by atoms with Gasteiger partial charge in [-0.05, 0) is 37.1 Å². The van der Waals surface area contributed by atoms with Crippen LogP contribution in [0.3, 0.4) is 0 Å². The molecule has 0 bridgehead atoms. The Morgan fingerprint density at radius 1 is 0.966 bits per heavy atom. The summed E-state index contributed by atoms with van der Waals surface area (Å²) >= 11 is 0. The molecule has 11 heteroatoms. The first kappa shape index (κ1) is 20.8. The van der Waals surface area contributed by atoms with Crippen LogP contribution in [0.4, 0.5) is 18.9 Å². The van der Waals surface area contributed by atoms with Crippen LogP contribution in [-0.4, -0.2) is 37.6 Å². The van der Waals surface area contributed by atoms with E-state index in [2.05, 4.69) is 5.32 Å². The molecule has 154 valence electrons. The summed E-state index contributed by atoms with van der Waals surface area (Å²) in [6.07, 6.45) is 1.29. The first-order valence-electron chi connectivity index (χ1n) is 8.51. The van der Waals surface area contributed by atoms with E-state index < -0.39 is 55.4 Å². The van der Waals surface area contributed by atoms with E-state index in [1.54, 1.807) is 0 Å². The quantitative estimate of drug-likeness (QED) is 0.763. The molecule has 29 heavy (non-hydrogen) atoms. The van der Waals surface area contributed by atoms with Crippen LogP contribution in [-0.2, 0) is 10.0 Å². The van der Waals surface area contributed by atoms with Crippen LogP contribution >= 0.6 is 0 Å². The number of amides is 2. The number of nitrogens with zero attached hydrogens (tertiary/aromatic N) is 1. The second-order valence-electron chi connectivity index (χ2n) is 6.39. The second-order valence-corrected chi connectivity index (χ2v) is 8.29. The standard InChI is InChI=1S/C18H16F3N3O4S/c19-12-4-3-10(7-16(12)29(27,28)24-5-1-2-6-24)18(26)23-15-8-11(17(22)25)13(20)9-14(15)21/h3-4,7-9H,1-2,5-6H2,(H2,22,25)(H,23,26). The van der Waals surface area contributed by atoms with Crippen molar-refractivity contribution in [2.45, 2.75) is 17.7 Å². The van der Waals surface area contributed by atoms with Gasteiger partial charge in [-0.15, -0.1) is 0 Å². The number of hydrogen-bond acceptors (Lipinski definition) is 4. The van der Waals surface area contributed by atoms with E-state index in [4.69, 9.17) is 5.73 Å². The number of nitrogens with one attached hydrogen (secondary N) is 1. The molecule has 0 radical (unpaired) electrons. The van der Waals surface area contributed by atoms with E-state index in [0.29, 0.717) is 18.9 Å². The molecule has 1 fully saturated rings. The maximum absolute atomic E-state index is 14.2. The highest BCUT2D eigenvalue weighted by Crippen LogP contribution is 2.25. The smallest absolute Gasteiger partial charge is 0.255 e. The van der Waals surface area contributed by atoms with E-state index in [1.165, 1.54) is 0 Å². The van der Waals surface area contributed by atoms with Gasteiger partial charge in [-0.1, -0.05) is 0 Å². The fourth-order valence-electron chi connectivity index (χ4n) is 2.94. The van der Waals surface area contributed by atoms with E-state index in [1.807, 2.05) is 0 Å². The van der Waals surface area contributed by atoms with Crippen LogP contribution in [0.15, 0.2) is 35.2 Å². The number of nitrogens with two attached hydrogens (primary N) is 1. The number of sulfonamides is 1. The molecule has 3 rings (SSSR count). The number of carbonyl (C=O) groups excluding carboxylic acids is 2. The minimum Gasteiger partial charge on any atom is -0.366 e. The molecule has 7 nitrogen and oxygen atoms in total. The molecular weight excluding hydrogens is 411 g/mol. The van der Waals surface area contributed by atoms with Crippen molar-refractivity contribution in [2.75, 3.05) is 18.4 Å². The van der Waals surface area contributed by atoms with Gasteiger partial charge in [0.05, 0.1) is 11.3 Å². The van der Waals surface area contributed by atoms with Crippen LogP contribution in [0.2, 0.25) is 0 Å². The van der Waals surface area contributed by atoms with E-state index in [9.17, 15) is 31.2 Å². The Kier molecular flexibility index (Phi) is 5.62. The average Bonchev–Trinajstić information content (AvgIpc) is 3.19. The summed E-state index contributed by atoms with van der Waals surface area (Å²) in [6.45, 7) is 0.490. The van der Waals surface area contributed by atoms with Gasteiger partial charge in [-0.25, -0.2) is 21.6 Å². The number of rotatable bonds is 5. The summed E-state index contributed by atoms with van der Waals surface area (Å²) in [7, 11) is -4.14. The van der Waals surface area contributed by atoms with Crippen molar-refractivity contribution in [2.24, 2.45) is 5.73 Å². The van der Waals surface area contributed by atoms with E-state index in [-0.39, 0.29) is 18.7 Å². The third kappa shape index (κ3) is 4.10. The molecule has 1 saturated heterocycles. The lowest BCUT2D eigenvalue weighted by atomic mass is 10.1. The van der Waals surface area contributed by atoms with Gasteiger partial charge in [-0.2, -0.15) is 4.31 Å². The zero-order valence-corrected chi connectivity index (χ0v) is 15.7. The fourth-order valence-corrected chi connectivity index (χ4v) is 4.55.